The van der Waals surface area contributed by atoms with E-state index in [1.54, 1.807) is 0 Å². The third-order valence-electron chi connectivity index (χ3n) is 3.44. The van der Waals surface area contributed by atoms with E-state index < -0.39 is 11.4 Å². The van der Waals surface area contributed by atoms with Crippen molar-refractivity contribution in [2.75, 3.05) is 18.4 Å². The standard InChI is InChI=1S/C13H14Cl2N2O3/c1-13(2-3-16-6-13)12(20)17-10-8(11(18)19)4-7(14)5-9(10)15/h4-5,16H,2-3,6H2,1H3,(H,17,20)(H,18,19). The summed E-state index contributed by atoms with van der Waals surface area (Å²) < 4.78 is 0. The molecular formula is C13H14Cl2N2O3. The molecule has 1 aromatic rings. The first-order chi connectivity index (χ1) is 9.33. The van der Waals surface area contributed by atoms with Gasteiger partial charge in [-0.2, -0.15) is 0 Å². The van der Waals surface area contributed by atoms with Gasteiger partial charge >= 0.3 is 5.97 Å². The van der Waals surface area contributed by atoms with Gasteiger partial charge in [0.25, 0.3) is 0 Å². The van der Waals surface area contributed by atoms with Crippen molar-refractivity contribution in [1.29, 1.82) is 0 Å². The Hall–Kier alpha value is -1.30. The zero-order valence-electron chi connectivity index (χ0n) is 10.8. The molecule has 0 aromatic heterocycles. The number of carboxylic acid groups (broad SMARTS) is 1. The van der Waals surface area contributed by atoms with Gasteiger partial charge in [0.05, 0.1) is 21.7 Å². The first-order valence-electron chi connectivity index (χ1n) is 6.08. The maximum absolute atomic E-state index is 12.3. The van der Waals surface area contributed by atoms with Gasteiger partial charge in [-0.3, -0.25) is 4.79 Å². The highest BCUT2D eigenvalue weighted by Gasteiger charge is 2.37. The fourth-order valence-corrected chi connectivity index (χ4v) is 2.69. The number of hydrogen-bond acceptors (Lipinski definition) is 3. The lowest BCUT2D eigenvalue weighted by Crippen LogP contribution is -2.35. The summed E-state index contributed by atoms with van der Waals surface area (Å²) in [5, 5.41) is 15.2. The van der Waals surface area contributed by atoms with Crippen LogP contribution in [0.25, 0.3) is 0 Å². The molecule has 1 aliphatic heterocycles. The molecule has 1 fully saturated rings. The largest absolute Gasteiger partial charge is 0.478 e. The van der Waals surface area contributed by atoms with Crippen molar-refractivity contribution >= 4 is 40.8 Å². The third kappa shape index (κ3) is 2.90. The van der Waals surface area contributed by atoms with Crippen LogP contribution in [0.3, 0.4) is 0 Å². The van der Waals surface area contributed by atoms with Crippen LogP contribution in [0.4, 0.5) is 5.69 Å². The topological polar surface area (TPSA) is 78.4 Å². The van der Waals surface area contributed by atoms with Gasteiger partial charge in [0.15, 0.2) is 0 Å². The third-order valence-corrected chi connectivity index (χ3v) is 3.96. The van der Waals surface area contributed by atoms with Crippen molar-refractivity contribution in [2.24, 2.45) is 5.41 Å². The number of rotatable bonds is 3. The van der Waals surface area contributed by atoms with Crippen LogP contribution < -0.4 is 10.6 Å². The van der Waals surface area contributed by atoms with E-state index >= 15 is 0 Å². The molecule has 5 nitrogen and oxygen atoms in total. The maximum Gasteiger partial charge on any atom is 0.337 e. The predicted octanol–water partition coefficient (Wildman–Crippen LogP) is 2.63. The predicted molar refractivity (Wildman–Crippen MR) is 77.6 cm³/mol. The van der Waals surface area contributed by atoms with E-state index in [-0.39, 0.29) is 27.2 Å². The molecular weight excluding hydrogens is 303 g/mol. The molecule has 1 atom stereocenters. The highest BCUT2D eigenvalue weighted by Crippen LogP contribution is 2.33. The highest BCUT2D eigenvalue weighted by molar-refractivity contribution is 6.37. The zero-order valence-corrected chi connectivity index (χ0v) is 12.3. The minimum Gasteiger partial charge on any atom is -0.478 e. The molecule has 108 valence electrons. The number of carbonyl (C=O) groups excluding carboxylic acids is 1. The molecule has 1 saturated heterocycles. The fraction of sp³-hybridized carbons (Fsp3) is 0.385. The molecule has 0 aliphatic carbocycles. The molecule has 1 heterocycles. The molecule has 1 amide bonds. The lowest BCUT2D eigenvalue weighted by Gasteiger charge is -2.22. The van der Waals surface area contributed by atoms with Crippen LogP contribution in [-0.2, 0) is 4.79 Å². The smallest absolute Gasteiger partial charge is 0.337 e. The summed E-state index contributed by atoms with van der Waals surface area (Å²) in [6.45, 7) is 3.13. The number of aromatic carboxylic acids is 1. The minimum atomic E-state index is -1.19. The Labute approximate surface area is 126 Å². The molecule has 20 heavy (non-hydrogen) atoms. The van der Waals surface area contributed by atoms with Crippen molar-refractivity contribution in [2.45, 2.75) is 13.3 Å². The maximum atomic E-state index is 12.3. The van der Waals surface area contributed by atoms with Gasteiger partial charge in [-0.05, 0) is 32.0 Å². The Balaban J connectivity index is 2.33. The molecule has 1 unspecified atom stereocenters. The summed E-state index contributed by atoms with van der Waals surface area (Å²) >= 11 is 11.8. The van der Waals surface area contributed by atoms with Crippen LogP contribution in [0, 0.1) is 5.41 Å². The Morgan fingerprint density at radius 3 is 2.65 bits per heavy atom. The van der Waals surface area contributed by atoms with Crippen molar-refractivity contribution in [1.82, 2.24) is 5.32 Å². The summed E-state index contributed by atoms with van der Waals surface area (Å²) in [4.78, 5) is 23.5. The first kappa shape index (κ1) is 15.1. The van der Waals surface area contributed by atoms with Crippen LogP contribution in [0.5, 0.6) is 0 Å². The van der Waals surface area contributed by atoms with Crippen LogP contribution in [0.1, 0.15) is 23.7 Å². The Morgan fingerprint density at radius 2 is 2.10 bits per heavy atom. The molecule has 1 aromatic carbocycles. The SMILES string of the molecule is CC1(C(=O)Nc2c(Cl)cc(Cl)cc2C(=O)O)CCNC1. The van der Waals surface area contributed by atoms with Crippen molar-refractivity contribution in [3.8, 4) is 0 Å². The number of anilines is 1. The number of carbonyl (C=O) groups is 2. The Kier molecular flexibility index (Phi) is 4.22. The number of hydrogen-bond donors (Lipinski definition) is 3. The fourth-order valence-electron chi connectivity index (χ4n) is 2.14. The van der Waals surface area contributed by atoms with E-state index in [1.165, 1.54) is 12.1 Å². The van der Waals surface area contributed by atoms with Crippen molar-refractivity contribution in [3.05, 3.63) is 27.7 Å². The average molecular weight is 317 g/mol. The van der Waals surface area contributed by atoms with E-state index in [2.05, 4.69) is 10.6 Å². The van der Waals surface area contributed by atoms with Gasteiger partial charge in [-0.1, -0.05) is 23.2 Å². The number of nitrogens with one attached hydrogen (secondary N) is 2. The van der Waals surface area contributed by atoms with Gasteiger partial charge in [-0.25, -0.2) is 4.79 Å². The quantitative estimate of drug-likeness (QED) is 0.801. The van der Waals surface area contributed by atoms with Crippen LogP contribution in [0.15, 0.2) is 12.1 Å². The van der Waals surface area contributed by atoms with Crippen LogP contribution in [-0.4, -0.2) is 30.1 Å². The summed E-state index contributed by atoms with van der Waals surface area (Å²) in [5.41, 5.74) is -0.606. The minimum absolute atomic E-state index is 0.0849. The first-order valence-corrected chi connectivity index (χ1v) is 6.83. The molecule has 3 N–H and O–H groups in total. The second-order valence-electron chi connectivity index (χ2n) is 5.06. The van der Waals surface area contributed by atoms with Crippen LogP contribution >= 0.6 is 23.2 Å². The summed E-state index contributed by atoms with van der Waals surface area (Å²) in [5.74, 6) is -1.45. The Morgan fingerprint density at radius 1 is 1.40 bits per heavy atom. The average Bonchev–Trinajstić information content (AvgIpc) is 2.80. The highest BCUT2D eigenvalue weighted by atomic mass is 35.5. The Bertz CT molecular complexity index is 569. The molecule has 0 bridgehead atoms. The van der Waals surface area contributed by atoms with Crippen molar-refractivity contribution in [3.63, 3.8) is 0 Å². The normalized spacial score (nSPS) is 21.8. The van der Waals surface area contributed by atoms with E-state index in [4.69, 9.17) is 23.2 Å². The molecule has 0 spiro atoms. The number of benzene rings is 1. The van der Waals surface area contributed by atoms with Gasteiger partial charge in [0, 0.05) is 11.6 Å². The van der Waals surface area contributed by atoms with Crippen LogP contribution in [0.2, 0.25) is 10.0 Å². The van der Waals surface area contributed by atoms with Crippen molar-refractivity contribution < 1.29 is 14.7 Å². The molecule has 2 rings (SSSR count). The van der Waals surface area contributed by atoms with Gasteiger partial charge in [-0.15, -0.1) is 0 Å². The lowest BCUT2D eigenvalue weighted by atomic mass is 9.88. The summed E-state index contributed by atoms with van der Waals surface area (Å²) in [6, 6.07) is 2.67. The van der Waals surface area contributed by atoms with E-state index in [0.29, 0.717) is 13.0 Å². The number of halogens is 2. The van der Waals surface area contributed by atoms with Gasteiger partial charge in [0.2, 0.25) is 5.91 Å². The zero-order chi connectivity index (χ0) is 14.9. The summed E-state index contributed by atoms with van der Waals surface area (Å²) in [7, 11) is 0. The second kappa shape index (κ2) is 5.60. The lowest BCUT2D eigenvalue weighted by molar-refractivity contribution is -0.123. The molecule has 0 radical (unpaired) electrons. The number of carboxylic acids is 1. The monoisotopic (exact) mass is 316 g/mol. The molecule has 7 heteroatoms. The number of amides is 1. The van der Waals surface area contributed by atoms with E-state index in [0.717, 1.165) is 6.54 Å². The van der Waals surface area contributed by atoms with Gasteiger partial charge in [0.1, 0.15) is 0 Å². The molecule has 1 aliphatic rings. The van der Waals surface area contributed by atoms with Gasteiger partial charge < -0.3 is 15.7 Å². The summed E-state index contributed by atoms with van der Waals surface area (Å²) in [6.07, 6.45) is 0.687. The molecule has 0 saturated carbocycles. The van der Waals surface area contributed by atoms with E-state index in [9.17, 15) is 14.7 Å². The van der Waals surface area contributed by atoms with E-state index in [1.807, 2.05) is 6.92 Å². The second-order valence-corrected chi connectivity index (χ2v) is 5.90.